The fraction of sp³-hybridized carbons (Fsp3) is 0.333. The maximum atomic E-state index is 14.9. The largest absolute Gasteiger partial charge is 0.477 e. The number of halogens is 1. The summed E-state index contributed by atoms with van der Waals surface area (Å²) in [5.74, 6) is -2.08. The van der Waals surface area contributed by atoms with Crippen LogP contribution in [0.2, 0.25) is 0 Å². The van der Waals surface area contributed by atoms with E-state index in [4.69, 9.17) is 0 Å². The third-order valence-corrected chi connectivity index (χ3v) is 5.96. The smallest absolute Gasteiger partial charge is 0.341 e. The molecule has 1 aliphatic carbocycles. The van der Waals surface area contributed by atoms with Crippen LogP contribution in [0.25, 0.3) is 16.2 Å². The molecule has 1 saturated heterocycles. The van der Waals surface area contributed by atoms with Gasteiger partial charge in [-0.1, -0.05) is 0 Å². The Kier molecular flexibility index (Phi) is 3.95. The van der Waals surface area contributed by atoms with E-state index in [0.29, 0.717) is 13.0 Å². The van der Waals surface area contributed by atoms with Gasteiger partial charge in [-0.15, -0.1) is 0 Å². The number of carboxylic acid groups (broad SMARTS) is 1. The molecule has 2 fully saturated rings. The van der Waals surface area contributed by atoms with Gasteiger partial charge < -0.3 is 10.0 Å². The molecule has 2 aliphatic rings. The number of hydrogen-bond donors (Lipinski definition) is 1. The van der Waals surface area contributed by atoms with E-state index in [1.807, 2.05) is 0 Å². The molecule has 5 rings (SSSR count). The summed E-state index contributed by atoms with van der Waals surface area (Å²) in [6.07, 6.45) is 4.77. The maximum absolute atomic E-state index is 14.9. The molecule has 0 spiro atoms. The molecule has 1 N–H and O–H groups in total. The highest BCUT2D eigenvalue weighted by molar-refractivity contribution is 7.08. The molecule has 0 bridgehead atoms. The predicted molar refractivity (Wildman–Crippen MR) is 101 cm³/mol. The van der Waals surface area contributed by atoms with Crippen molar-refractivity contribution in [3.8, 4) is 5.13 Å². The minimum atomic E-state index is -1.43. The van der Waals surface area contributed by atoms with Crippen molar-refractivity contribution in [1.82, 2.24) is 18.9 Å². The zero-order valence-electron chi connectivity index (χ0n) is 14.9. The number of pyridine rings is 2. The lowest BCUT2D eigenvalue weighted by Crippen LogP contribution is -2.54. The van der Waals surface area contributed by atoms with E-state index in [0.717, 1.165) is 36.6 Å². The number of aromatic nitrogens is 4. The first-order chi connectivity index (χ1) is 14.0. The van der Waals surface area contributed by atoms with Gasteiger partial charge in [-0.3, -0.25) is 14.2 Å². The standard InChI is InChI=1S/C18H14FN5O4S/c19-11-5-9-14(26)10(17(27)28)6-24(18-20-7-21-29-18)15(9)22-16(11)23-4-3-12(23)13(25)8-1-2-8/h5-8,12H,1-4H2,(H,27,28). The third kappa shape index (κ3) is 2.80. The van der Waals surface area contributed by atoms with Crippen LogP contribution in [-0.4, -0.2) is 48.4 Å². The Labute approximate surface area is 166 Å². The summed E-state index contributed by atoms with van der Waals surface area (Å²) < 4.78 is 20.1. The third-order valence-electron chi connectivity index (χ3n) is 5.30. The number of hydrogen-bond acceptors (Lipinski definition) is 8. The summed E-state index contributed by atoms with van der Waals surface area (Å²) in [6.45, 7) is 0.481. The molecule has 1 aliphatic heterocycles. The van der Waals surface area contributed by atoms with Crippen molar-refractivity contribution < 1.29 is 19.1 Å². The average molecular weight is 415 g/mol. The molecule has 29 heavy (non-hydrogen) atoms. The SMILES string of the molecule is O=C(O)c1cn(-c2ncns2)c2nc(N3CCC3C(=O)C3CC3)c(F)cc2c1=O. The van der Waals surface area contributed by atoms with Crippen LogP contribution in [0, 0.1) is 11.7 Å². The maximum Gasteiger partial charge on any atom is 0.341 e. The van der Waals surface area contributed by atoms with Gasteiger partial charge in [0.25, 0.3) is 0 Å². The lowest BCUT2D eigenvalue weighted by atomic mass is 9.95. The van der Waals surface area contributed by atoms with Crippen molar-refractivity contribution in [2.24, 2.45) is 5.92 Å². The van der Waals surface area contributed by atoms with Crippen molar-refractivity contribution in [3.05, 3.63) is 40.2 Å². The number of carbonyl (C=O) groups excluding carboxylic acids is 1. The fourth-order valence-corrected chi connectivity index (χ4v) is 4.07. The van der Waals surface area contributed by atoms with Gasteiger partial charge in [0, 0.05) is 30.2 Å². The summed E-state index contributed by atoms with van der Waals surface area (Å²) in [4.78, 5) is 46.5. The Bertz CT molecular complexity index is 1220. The zero-order chi connectivity index (χ0) is 20.3. The van der Waals surface area contributed by atoms with Crippen LogP contribution in [0.1, 0.15) is 29.6 Å². The molecule has 0 aromatic carbocycles. The van der Waals surface area contributed by atoms with Crippen LogP contribution in [0.15, 0.2) is 23.4 Å². The minimum absolute atomic E-state index is 0.0245. The molecule has 9 nitrogen and oxygen atoms in total. The molecule has 0 radical (unpaired) electrons. The molecule has 11 heteroatoms. The number of ketones is 1. The number of Topliss-reactive ketones (excluding diaryl/α,β-unsaturated/α-hetero) is 1. The number of carboxylic acids is 1. The van der Waals surface area contributed by atoms with Crippen LogP contribution < -0.4 is 10.3 Å². The number of fused-ring (bicyclic) bond motifs is 1. The normalized spacial score (nSPS) is 18.7. The molecular weight excluding hydrogens is 401 g/mol. The van der Waals surface area contributed by atoms with Crippen molar-refractivity contribution >= 4 is 40.1 Å². The number of rotatable bonds is 5. The van der Waals surface area contributed by atoms with E-state index < -0.39 is 28.8 Å². The quantitative estimate of drug-likeness (QED) is 0.668. The number of aromatic carboxylic acids is 1. The highest BCUT2D eigenvalue weighted by Gasteiger charge is 2.43. The lowest BCUT2D eigenvalue weighted by molar-refractivity contribution is -0.122. The van der Waals surface area contributed by atoms with Gasteiger partial charge >= 0.3 is 5.97 Å². The van der Waals surface area contributed by atoms with Gasteiger partial charge in [0.15, 0.2) is 23.1 Å². The molecule has 1 unspecified atom stereocenters. The van der Waals surface area contributed by atoms with Crippen LogP contribution in [-0.2, 0) is 4.79 Å². The zero-order valence-corrected chi connectivity index (χ0v) is 15.7. The van der Waals surface area contributed by atoms with Crippen molar-refractivity contribution in [2.75, 3.05) is 11.4 Å². The van der Waals surface area contributed by atoms with E-state index in [-0.39, 0.29) is 33.7 Å². The molecule has 1 saturated carbocycles. The second kappa shape index (κ2) is 6.41. The first-order valence-corrected chi connectivity index (χ1v) is 9.79. The van der Waals surface area contributed by atoms with Gasteiger partial charge in [-0.2, -0.15) is 4.37 Å². The van der Waals surface area contributed by atoms with Gasteiger partial charge in [-0.05, 0) is 25.3 Å². The molecule has 148 valence electrons. The molecular formula is C18H14FN5O4S. The van der Waals surface area contributed by atoms with Gasteiger partial charge in [0.1, 0.15) is 11.9 Å². The Hall–Kier alpha value is -3.21. The van der Waals surface area contributed by atoms with Crippen LogP contribution in [0.4, 0.5) is 10.2 Å². The van der Waals surface area contributed by atoms with E-state index in [2.05, 4.69) is 14.3 Å². The lowest BCUT2D eigenvalue weighted by Gasteiger charge is -2.41. The van der Waals surface area contributed by atoms with Gasteiger partial charge in [0.2, 0.25) is 10.6 Å². The van der Waals surface area contributed by atoms with Gasteiger partial charge in [-0.25, -0.2) is 19.2 Å². The predicted octanol–water partition coefficient (Wildman–Crippen LogP) is 1.63. The molecule has 3 aromatic rings. The van der Waals surface area contributed by atoms with Crippen molar-refractivity contribution in [1.29, 1.82) is 0 Å². The molecule has 3 aromatic heterocycles. The highest BCUT2D eigenvalue weighted by atomic mass is 32.1. The molecule has 0 amide bonds. The summed E-state index contributed by atoms with van der Waals surface area (Å²) in [7, 11) is 0. The second-order valence-electron chi connectivity index (χ2n) is 7.11. The molecule has 1 atom stereocenters. The summed E-state index contributed by atoms with van der Waals surface area (Å²) in [5, 5.41) is 9.47. The number of carbonyl (C=O) groups is 2. The summed E-state index contributed by atoms with van der Waals surface area (Å²) in [5.41, 5.74) is -1.29. The van der Waals surface area contributed by atoms with Crippen LogP contribution in [0.3, 0.4) is 0 Å². The van der Waals surface area contributed by atoms with E-state index >= 15 is 0 Å². The highest BCUT2D eigenvalue weighted by Crippen LogP contribution is 2.37. The minimum Gasteiger partial charge on any atom is -0.477 e. The summed E-state index contributed by atoms with van der Waals surface area (Å²) in [6, 6.07) is 0.572. The topological polar surface area (TPSA) is 118 Å². The number of nitrogens with zero attached hydrogens (tertiary/aromatic N) is 5. The Morgan fingerprint density at radius 1 is 1.28 bits per heavy atom. The second-order valence-corrected chi connectivity index (χ2v) is 7.87. The molecule has 4 heterocycles. The Morgan fingerprint density at radius 2 is 2.07 bits per heavy atom. The van der Waals surface area contributed by atoms with Crippen LogP contribution >= 0.6 is 11.5 Å². The van der Waals surface area contributed by atoms with Crippen molar-refractivity contribution in [2.45, 2.75) is 25.3 Å². The summed E-state index contributed by atoms with van der Waals surface area (Å²) >= 11 is 0.978. The monoisotopic (exact) mass is 415 g/mol. The average Bonchev–Trinajstić information content (AvgIpc) is 3.37. The van der Waals surface area contributed by atoms with E-state index in [9.17, 15) is 23.9 Å². The van der Waals surface area contributed by atoms with E-state index in [1.54, 1.807) is 4.90 Å². The first-order valence-electron chi connectivity index (χ1n) is 9.02. The fourth-order valence-electron chi connectivity index (χ4n) is 3.56. The Balaban J connectivity index is 1.70. The van der Waals surface area contributed by atoms with Crippen LogP contribution in [0.5, 0.6) is 0 Å². The van der Waals surface area contributed by atoms with Gasteiger partial charge in [0.05, 0.1) is 11.4 Å². The van der Waals surface area contributed by atoms with E-state index in [1.165, 1.54) is 10.9 Å². The first kappa shape index (κ1) is 17.9. The number of anilines is 1. The van der Waals surface area contributed by atoms with Crippen molar-refractivity contribution in [3.63, 3.8) is 0 Å². The Morgan fingerprint density at radius 3 is 2.66 bits per heavy atom.